The number of nitrogens with two attached hydrogens (primary N) is 1. The molecule has 1 aromatic heterocycles. The van der Waals surface area contributed by atoms with E-state index in [-0.39, 0.29) is 11.7 Å². The van der Waals surface area contributed by atoms with E-state index in [0.29, 0.717) is 22.3 Å². The number of nitrogens with one attached hydrogen (secondary N) is 1. The number of hydrogen-bond acceptors (Lipinski definition) is 5. The fourth-order valence-electron chi connectivity index (χ4n) is 1.65. The van der Waals surface area contributed by atoms with E-state index >= 15 is 0 Å². The van der Waals surface area contributed by atoms with Crippen LogP contribution in [0.2, 0.25) is 0 Å². The van der Waals surface area contributed by atoms with Crippen LogP contribution in [0.1, 0.15) is 19.5 Å². The van der Waals surface area contributed by atoms with Crippen molar-refractivity contribution < 1.29 is 4.74 Å². The van der Waals surface area contributed by atoms with Gasteiger partial charge in [0.1, 0.15) is 5.75 Å². The van der Waals surface area contributed by atoms with Gasteiger partial charge in [0.05, 0.1) is 11.8 Å². The maximum Gasteiger partial charge on any atom is 0.251 e. The number of hydrogen-bond donors (Lipinski definition) is 2. The van der Waals surface area contributed by atoms with Crippen LogP contribution in [-0.4, -0.2) is 16.1 Å². The van der Waals surface area contributed by atoms with Gasteiger partial charge in [0, 0.05) is 16.7 Å². The van der Waals surface area contributed by atoms with Crippen LogP contribution < -0.4 is 16.0 Å². The van der Waals surface area contributed by atoms with Crippen LogP contribution in [0.5, 0.6) is 5.75 Å². The molecule has 0 unspecified atom stereocenters. The highest BCUT2D eigenvalue weighted by molar-refractivity contribution is 7.99. The maximum absolute atomic E-state index is 11.4. The van der Waals surface area contributed by atoms with E-state index < -0.39 is 0 Å². The van der Waals surface area contributed by atoms with Gasteiger partial charge in [0.15, 0.2) is 5.16 Å². The van der Waals surface area contributed by atoms with Crippen molar-refractivity contribution in [2.75, 3.05) is 5.73 Å². The Kier molecular flexibility index (Phi) is 4.34. The molecule has 1 aromatic carbocycles. The predicted molar refractivity (Wildman–Crippen MR) is 80.3 cm³/mol. The normalized spacial score (nSPS) is 10.8. The summed E-state index contributed by atoms with van der Waals surface area (Å²) in [5.74, 6) is 0.639. The summed E-state index contributed by atoms with van der Waals surface area (Å²) >= 11 is 1.36. The molecule has 0 aliphatic carbocycles. The van der Waals surface area contributed by atoms with E-state index in [1.165, 1.54) is 17.8 Å². The first-order chi connectivity index (χ1) is 9.44. The number of H-pyrrole nitrogens is 1. The largest absolute Gasteiger partial charge is 0.489 e. The van der Waals surface area contributed by atoms with Crippen LogP contribution in [-0.2, 0) is 0 Å². The van der Waals surface area contributed by atoms with Crippen molar-refractivity contribution in [1.29, 1.82) is 0 Å². The molecular formula is C14H17N3O2S. The summed E-state index contributed by atoms with van der Waals surface area (Å²) in [4.78, 5) is 19.3. The average molecular weight is 291 g/mol. The van der Waals surface area contributed by atoms with Gasteiger partial charge in [-0.2, -0.15) is 0 Å². The standard InChI is InChI=1S/C14H17N3O2S/c1-8(2)19-12-7-10(4-5-11(12)15)20-14-16-9(3)6-13(18)17-14/h4-8H,15H2,1-3H3,(H,16,17,18). The molecule has 6 heteroatoms. The minimum Gasteiger partial charge on any atom is -0.489 e. The van der Waals surface area contributed by atoms with Gasteiger partial charge in [-0.25, -0.2) is 4.98 Å². The van der Waals surface area contributed by atoms with Crippen molar-refractivity contribution in [2.24, 2.45) is 0 Å². The van der Waals surface area contributed by atoms with Crippen molar-refractivity contribution in [3.63, 3.8) is 0 Å². The summed E-state index contributed by atoms with van der Waals surface area (Å²) in [5, 5.41) is 0.551. The minimum absolute atomic E-state index is 0.0504. The fraction of sp³-hybridized carbons (Fsp3) is 0.286. The molecule has 1 heterocycles. The number of aromatic amines is 1. The SMILES string of the molecule is Cc1cc(=O)[nH]c(Sc2ccc(N)c(OC(C)C)c2)n1. The van der Waals surface area contributed by atoms with E-state index in [0.717, 1.165) is 4.90 Å². The smallest absolute Gasteiger partial charge is 0.251 e. The van der Waals surface area contributed by atoms with Crippen LogP contribution in [0.15, 0.2) is 39.1 Å². The average Bonchev–Trinajstić information content (AvgIpc) is 2.31. The van der Waals surface area contributed by atoms with Gasteiger partial charge in [-0.3, -0.25) is 4.79 Å². The second-order valence-corrected chi connectivity index (χ2v) is 5.72. The second-order valence-electron chi connectivity index (χ2n) is 4.66. The second kappa shape index (κ2) is 6.00. The van der Waals surface area contributed by atoms with Crippen molar-refractivity contribution >= 4 is 17.4 Å². The topological polar surface area (TPSA) is 81.0 Å². The summed E-state index contributed by atoms with van der Waals surface area (Å²) in [6.45, 7) is 5.67. The lowest BCUT2D eigenvalue weighted by molar-refractivity contribution is 0.243. The molecule has 106 valence electrons. The molecular weight excluding hydrogens is 274 g/mol. The van der Waals surface area contributed by atoms with E-state index in [4.69, 9.17) is 10.5 Å². The molecule has 0 radical (unpaired) electrons. The lowest BCUT2D eigenvalue weighted by atomic mass is 10.3. The zero-order valence-corrected chi connectivity index (χ0v) is 12.5. The van der Waals surface area contributed by atoms with Gasteiger partial charge in [0.25, 0.3) is 5.56 Å². The first-order valence-corrected chi connectivity index (χ1v) is 7.07. The van der Waals surface area contributed by atoms with Crippen LogP contribution in [0, 0.1) is 6.92 Å². The van der Waals surface area contributed by atoms with Gasteiger partial charge in [-0.1, -0.05) is 11.8 Å². The lowest BCUT2D eigenvalue weighted by Gasteiger charge is -2.13. The summed E-state index contributed by atoms with van der Waals surface area (Å²) in [5.41, 5.74) is 6.99. The molecule has 5 nitrogen and oxygen atoms in total. The fourth-order valence-corrected chi connectivity index (χ4v) is 2.51. The van der Waals surface area contributed by atoms with Crippen molar-refractivity contribution in [3.8, 4) is 5.75 Å². The summed E-state index contributed by atoms with van der Waals surface area (Å²) in [6.07, 6.45) is 0.0504. The van der Waals surface area contributed by atoms with E-state index in [9.17, 15) is 4.79 Å². The molecule has 0 saturated carbocycles. The number of nitrogen functional groups attached to an aromatic ring is 1. The molecule has 20 heavy (non-hydrogen) atoms. The summed E-state index contributed by atoms with van der Waals surface area (Å²) < 4.78 is 5.64. The molecule has 0 amide bonds. The van der Waals surface area contributed by atoms with Gasteiger partial charge >= 0.3 is 0 Å². The zero-order valence-electron chi connectivity index (χ0n) is 11.6. The van der Waals surface area contributed by atoms with Gasteiger partial charge in [-0.15, -0.1) is 0 Å². The van der Waals surface area contributed by atoms with Gasteiger partial charge in [0.2, 0.25) is 0 Å². The number of benzene rings is 1. The molecule has 0 aliphatic rings. The molecule has 0 fully saturated rings. The van der Waals surface area contributed by atoms with Crippen molar-refractivity contribution in [1.82, 2.24) is 9.97 Å². The molecule has 0 atom stereocenters. The molecule has 0 bridgehead atoms. The Morgan fingerprint density at radius 2 is 2.10 bits per heavy atom. The number of anilines is 1. The number of aromatic nitrogens is 2. The predicted octanol–water partition coefficient (Wildman–Crippen LogP) is 2.60. The Hall–Kier alpha value is -1.95. The maximum atomic E-state index is 11.4. The van der Waals surface area contributed by atoms with Gasteiger partial charge < -0.3 is 15.5 Å². The Bertz CT molecular complexity index is 668. The number of aryl methyl sites for hydroxylation is 1. The third kappa shape index (κ3) is 3.77. The van der Waals surface area contributed by atoms with Crippen molar-refractivity contribution in [2.45, 2.75) is 36.9 Å². The summed E-state index contributed by atoms with van der Waals surface area (Å²) in [7, 11) is 0. The van der Waals surface area contributed by atoms with Crippen molar-refractivity contribution in [3.05, 3.63) is 40.3 Å². The number of rotatable bonds is 4. The highest BCUT2D eigenvalue weighted by atomic mass is 32.2. The Morgan fingerprint density at radius 1 is 1.35 bits per heavy atom. The Balaban J connectivity index is 2.27. The van der Waals surface area contributed by atoms with E-state index in [1.807, 2.05) is 26.0 Å². The molecule has 0 spiro atoms. The first-order valence-electron chi connectivity index (χ1n) is 6.26. The van der Waals surface area contributed by atoms with Crippen LogP contribution in [0.3, 0.4) is 0 Å². The highest BCUT2D eigenvalue weighted by Crippen LogP contribution is 2.31. The third-order valence-corrected chi connectivity index (χ3v) is 3.29. The van der Waals surface area contributed by atoms with Crippen LogP contribution in [0.4, 0.5) is 5.69 Å². The molecule has 2 rings (SSSR count). The molecule has 0 aliphatic heterocycles. The zero-order chi connectivity index (χ0) is 14.7. The van der Waals surface area contributed by atoms with Gasteiger partial charge in [-0.05, 0) is 39.0 Å². The van der Waals surface area contributed by atoms with Crippen LogP contribution >= 0.6 is 11.8 Å². The van der Waals surface area contributed by atoms with Crippen LogP contribution in [0.25, 0.3) is 0 Å². The lowest BCUT2D eigenvalue weighted by Crippen LogP contribution is -2.08. The van der Waals surface area contributed by atoms with E-state index in [1.54, 1.807) is 13.0 Å². The first kappa shape index (κ1) is 14.5. The Labute approximate surface area is 121 Å². The number of nitrogens with zero attached hydrogens (tertiary/aromatic N) is 1. The third-order valence-electron chi connectivity index (χ3n) is 2.41. The Morgan fingerprint density at radius 3 is 2.75 bits per heavy atom. The summed E-state index contributed by atoms with van der Waals surface area (Å²) in [6, 6.07) is 6.96. The molecule has 2 aromatic rings. The molecule has 0 saturated heterocycles. The highest BCUT2D eigenvalue weighted by Gasteiger charge is 2.07. The number of ether oxygens (including phenoxy) is 1. The van der Waals surface area contributed by atoms with E-state index in [2.05, 4.69) is 9.97 Å². The quantitative estimate of drug-likeness (QED) is 0.668. The minimum atomic E-state index is -0.158. The monoisotopic (exact) mass is 291 g/mol. The molecule has 3 N–H and O–H groups in total.